The van der Waals surface area contributed by atoms with Gasteiger partial charge in [-0.3, -0.25) is 4.79 Å². The van der Waals surface area contributed by atoms with Crippen LogP contribution in [0.4, 0.5) is 10.5 Å². The maximum absolute atomic E-state index is 13.0. The van der Waals surface area contributed by atoms with E-state index in [9.17, 15) is 14.7 Å². The van der Waals surface area contributed by atoms with Crippen molar-refractivity contribution in [2.24, 2.45) is 0 Å². The second-order valence-corrected chi connectivity index (χ2v) is 7.41. The zero-order chi connectivity index (χ0) is 20.5. The molecule has 4 rings (SSSR count). The van der Waals surface area contributed by atoms with Crippen molar-refractivity contribution in [2.75, 3.05) is 18.6 Å². The number of hydrogen-bond donors (Lipinski definition) is 1. The Balaban J connectivity index is 1.62. The van der Waals surface area contributed by atoms with Gasteiger partial charge in [-0.15, -0.1) is 0 Å². The SMILES string of the molecule is COc1ccc(COC(=O)N2c3ccc(C)cc3C(=O)N3CCCC3C2O)cc1. The second kappa shape index (κ2) is 7.75. The van der Waals surface area contributed by atoms with E-state index in [1.165, 1.54) is 4.90 Å². The van der Waals surface area contributed by atoms with E-state index in [2.05, 4.69) is 0 Å². The summed E-state index contributed by atoms with van der Waals surface area (Å²) in [5.74, 6) is 0.558. The minimum atomic E-state index is -1.16. The van der Waals surface area contributed by atoms with E-state index in [4.69, 9.17) is 9.47 Å². The molecule has 2 amide bonds. The van der Waals surface area contributed by atoms with Gasteiger partial charge in [0.1, 0.15) is 12.4 Å². The van der Waals surface area contributed by atoms with Crippen LogP contribution >= 0.6 is 0 Å². The molecule has 7 heteroatoms. The van der Waals surface area contributed by atoms with Crippen molar-refractivity contribution in [1.82, 2.24) is 4.90 Å². The fourth-order valence-corrected chi connectivity index (χ4v) is 4.00. The fourth-order valence-electron chi connectivity index (χ4n) is 4.00. The van der Waals surface area contributed by atoms with Gasteiger partial charge in [0, 0.05) is 6.54 Å². The van der Waals surface area contributed by atoms with E-state index in [0.29, 0.717) is 30.0 Å². The van der Waals surface area contributed by atoms with Crippen LogP contribution in [0.2, 0.25) is 0 Å². The maximum atomic E-state index is 13.0. The van der Waals surface area contributed by atoms with Gasteiger partial charge in [-0.25, -0.2) is 9.69 Å². The Kier molecular flexibility index (Phi) is 5.15. The largest absolute Gasteiger partial charge is 0.497 e. The fraction of sp³-hybridized carbons (Fsp3) is 0.364. The summed E-state index contributed by atoms with van der Waals surface area (Å²) in [5.41, 5.74) is 2.50. The first-order valence-corrected chi connectivity index (χ1v) is 9.68. The van der Waals surface area contributed by atoms with Crippen molar-refractivity contribution in [3.05, 3.63) is 59.2 Å². The Labute approximate surface area is 169 Å². The molecular formula is C22H24N2O5. The topological polar surface area (TPSA) is 79.3 Å². The van der Waals surface area contributed by atoms with Gasteiger partial charge >= 0.3 is 6.09 Å². The highest BCUT2D eigenvalue weighted by Crippen LogP contribution is 2.35. The molecule has 0 aliphatic carbocycles. The highest BCUT2D eigenvalue weighted by Gasteiger charge is 2.44. The van der Waals surface area contributed by atoms with Gasteiger partial charge in [0.25, 0.3) is 5.91 Å². The summed E-state index contributed by atoms with van der Waals surface area (Å²) in [6.07, 6.45) is -0.403. The molecule has 1 saturated heterocycles. The van der Waals surface area contributed by atoms with Gasteiger partial charge in [-0.2, -0.15) is 0 Å². The van der Waals surface area contributed by atoms with Crippen LogP contribution in [0.25, 0.3) is 0 Å². The smallest absolute Gasteiger partial charge is 0.416 e. The molecule has 152 valence electrons. The molecule has 2 unspecified atom stereocenters. The Morgan fingerprint density at radius 3 is 2.69 bits per heavy atom. The maximum Gasteiger partial charge on any atom is 0.416 e. The first-order valence-electron chi connectivity index (χ1n) is 9.68. The summed E-state index contributed by atoms with van der Waals surface area (Å²) in [4.78, 5) is 28.9. The molecule has 0 bridgehead atoms. The molecule has 1 N–H and O–H groups in total. The third-order valence-corrected chi connectivity index (χ3v) is 5.53. The number of aliphatic hydroxyl groups excluding tert-OH is 1. The Morgan fingerprint density at radius 1 is 1.21 bits per heavy atom. The van der Waals surface area contributed by atoms with Crippen molar-refractivity contribution in [3.63, 3.8) is 0 Å². The standard InChI is InChI=1S/C22H24N2O5/c1-14-5-10-18-17(12-14)20(25)23-11-3-4-19(23)21(26)24(18)22(27)29-13-15-6-8-16(28-2)9-7-15/h5-10,12,19,21,26H,3-4,11,13H2,1-2H3. The minimum Gasteiger partial charge on any atom is -0.497 e. The number of anilines is 1. The van der Waals surface area contributed by atoms with Crippen molar-refractivity contribution in [2.45, 2.75) is 38.6 Å². The Bertz CT molecular complexity index is 927. The molecule has 2 heterocycles. The number of hydrogen-bond acceptors (Lipinski definition) is 5. The van der Waals surface area contributed by atoms with Gasteiger partial charge in [-0.05, 0) is 49.6 Å². The van der Waals surface area contributed by atoms with Crippen molar-refractivity contribution < 1.29 is 24.2 Å². The molecule has 0 spiro atoms. The van der Waals surface area contributed by atoms with Gasteiger partial charge in [-0.1, -0.05) is 23.8 Å². The van der Waals surface area contributed by atoms with Crippen LogP contribution in [0.15, 0.2) is 42.5 Å². The molecule has 0 saturated carbocycles. The van der Waals surface area contributed by atoms with Crippen molar-refractivity contribution >= 4 is 17.7 Å². The van der Waals surface area contributed by atoms with Crippen LogP contribution in [0.3, 0.4) is 0 Å². The Morgan fingerprint density at radius 2 is 1.97 bits per heavy atom. The molecule has 0 aromatic heterocycles. The van der Waals surface area contributed by atoms with Crippen molar-refractivity contribution in [1.29, 1.82) is 0 Å². The molecule has 1 fully saturated rings. The lowest BCUT2D eigenvalue weighted by Gasteiger charge is -2.31. The predicted molar refractivity (Wildman–Crippen MR) is 107 cm³/mol. The number of methoxy groups -OCH3 is 1. The van der Waals surface area contributed by atoms with E-state index in [1.54, 1.807) is 36.3 Å². The summed E-state index contributed by atoms with van der Waals surface area (Å²) in [7, 11) is 1.59. The van der Waals surface area contributed by atoms with Gasteiger partial charge in [0.2, 0.25) is 0 Å². The number of carbonyl (C=O) groups excluding carboxylic acids is 2. The molecule has 2 aromatic rings. The Hall–Kier alpha value is -3.06. The summed E-state index contributed by atoms with van der Waals surface area (Å²) >= 11 is 0. The van der Waals surface area contributed by atoms with Crippen LogP contribution in [0.5, 0.6) is 5.75 Å². The number of nitrogens with zero attached hydrogens (tertiary/aromatic N) is 2. The van der Waals surface area contributed by atoms with Gasteiger partial charge in [0.05, 0.1) is 24.4 Å². The highest BCUT2D eigenvalue weighted by molar-refractivity contribution is 6.05. The average molecular weight is 396 g/mol. The first-order chi connectivity index (χ1) is 14.0. The number of ether oxygens (including phenoxy) is 2. The number of amides is 2. The monoisotopic (exact) mass is 396 g/mol. The van der Waals surface area contributed by atoms with E-state index < -0.39 is 18.4 Å². The molecule has 2 aliphatic heterocycles. The molecule has 2 aromatic carbocycles. The lowest BCUT2D eigenvalue weighted by Crippen LogP contribution is -2.50. The molecule has 2 atom stereocenters. The van der Waals surface area contributed by atoms with E-state index in [0.717, 1.165) is 17.5 Å². The first kappa shape index (κ1) is 19.3. The lowest BCUT2D eigenvalue weighted by atomic mass is 10.1. The predicted octanol–water partition coefficient (Wildman–Crippen LogP) is 3.08. The number of benzene rings is 2. The highest BCUT2D eigenvalue weighted by atomic mass is 16.6. The number of carbonyl (C=O) groups is 2. The van der Waals surface area contributed by atoms with E-state index >= 15 is 0 Å². The molecule has 2 aliphatic rings. The van der Waals surface area contributed by atoms with E-state index in [1.807, 2.05) is 25.1 Å². The second-order valence-electron chi connectivity index (χ2n) is 7.41. The van der Waals surface area contributed by atoms with Crippen LogP contribution in [0.1, 0.15) is 34.3 Å². The molecule has 29 heavy (non-hydrogen) atoms. The molecular weight excluding hydrogens is 372 g/mol. The van der Waals surface area contributed by atoms with Crippen molar-refractivity contribution in [3.8, 4) is 5.75 Å². The summed E-state index contributed by atoms with van der Waals surface area (Å²) < 4.78 is 10.6. The number of aliphatic hydroxyl groups is 1. The van der Waals surface area contributed by atoms with Gasteiger partial charge < -0.3 is 19.5 Å². The quantitative estimate of drug-likeness (QED) is 0.863. The summed E-state index contributed by atoms with van der Waals surface area (Å²) in [6.45, 7) is 2.51. The summed E-state index contributed by atoms with van der Waals surface area (Å²) in [6, 6.07) is 12.0. The summed E-state index contributed by atoms with van der Waals surface area (Å²) in [5, 5.41) is 11.0. The number of rotatable bonds is 3. The average Bonchev–Trinajstić information content (AvgIpc) is 3.20. The number of fused-ring (bicyclic) bond motifs is 2. The zero-order valence-corrected chi connectivity index (χ0v) is 16.5. The lowest BCUT2D eigenvalue weighted by molar-refractivity contribution is 0.0485. The van der Waals surface area contributed by atoms with Gasteiger partial charge in [0.15, 0.2) is 6.23 Å². The van der Waals surface area contributed by atoms with Crippen LogP contribution in [-0.2, 0) is 11.3 Å². The minimum absolute atomic E-state index is 0.0512. The third kappa shape index (κ3) is 3.53. The van der Waals surface area contributed by atoms with Crippen LogP contribution in [-0.4, -0.2) is 47.9 Å². The normalized spacial score (nSPS) is 20.7. The molecule has 0 radical (unpaired) electrons. The third-order valence-electron chi connectivity index (χ3n) is 5.53. The number of aryl methyl sites for hydroxylation is 1. The van der Waals surface area contributed by atoms with Crippen LogP contribution < -0.4 is 9.64 Å². The van der Waals surface area contributed by atoms with Crippen LogP contribution in [0, 0.1) is 6.92 Å². The zero-order valence-electron chi connectivity index (χ0n) is 16.5. The van der Waals surface area contributed by atoms with E-state index in [-0.39, 0.29) is 12.5 Å². The molecule has 7 nitrogen and oxygen atoms in total.